The summed E-state index contributed by atoms with van der Waals surface area (Å²) in [5.74, 6) is 0. The van der Waals surface area contributed by atoms with Gasteiger partial charge >= 0.3 is 0 Å². The van der Waals surface area contributed by atoms with E-state index in [0.717, 1.165) is 32.3 Å². The zero-order chi connectivity index (χ0) is 15.8. The first-order valence-electron chi connectivity index (χ1n) is 6.85. The van der Waals surface area contributed by atoms with Crippen molar-refractivity contribution in [2.45, 2.75) is 33.1 Å². The standard InChI is InChI=1S/C19H18N2/c1-12-14-9-7-8-10-15(14)17(16(11-20)21-6)13(2)18(12)19(3,4)5/h7-10H,1H2,2-5H3/b17-16+. The summed E-state index contributed by atoms with van der Waals surface area (Å²) in [6, 6.07) is 9.91. The molecule has 0 saturated heterocycles. The normalized spacial score (nSPS) is 12.7. The fourth-order valence-electron chi connectivity index (χ4n) is 3.11. The Kier molecular flexibility index (Phi) is 3.58. The van der Waals surface area contributed by atoms with Gasteiger partial charge in [0.1, 0.15) is 0 Å². The van der Waals surface area contributed by atoms with Crippen molar-refractivity contribution < 1.29 is 0 Å². The molecule has 0 spiro atoms. The van der Waals surface area contributed by atoms with E-state index < -0.39 is 0 Å². The van der Waals surface area contributed by atoms with Gasteiger partial charge in [0.25, 0.3) is 5.70 Å². The van der Waals surface area contributed by atoms with Gasteiger partial charge in [0.15, 0.2) is 0 Å². The van der Waals surface area contributed by atoms with Crippen molar-refractivity contribution in [1.29, 1.82) is 5.26 Å². The molecule has 0 N–H and O–H groups in total. The van der Waals surface area contributed by atoms with E-state index in [2.05, 4.69) is 32.2 Å². The van der Waals surface area contributed by atoms with E-state index in [1.165, 1.54) is 0 Å². The van der Waals surface area contributed by atoms with Crippen LogP contribution in [0.2, 0.25) is 0 Å². The number of nitriles is 1. The molecule has 0 fully saturated rings. The molecule has 0 aliphatic carbocycles. The summed E-state index contributed by atoms with van der Waals surface area (Å²) in [5, 5.41) is 13.0. The zero-order valence-corrected chi connectivity index (χ0v) is 12.9. The van der Waals surface area contributed by atoms with Crippen LogP contribution in [0.1, 0.15) is 31.9 Å². The van der Waals surface area contributed by atoms with E-state index in [-0.39, 0.29) is 11.1 Å². The quantitative estimate of drug-likeness (QED) is 0.677. The van der Waals surface area contributed by atoms with Crippen LogP contribution in [0, 0.1) is 24.8 Å². The van der Waals surface area contributed by atoms with Crippen LogP contribution >= 0.6 is 0 Å². The van der Waals surface area contributed by atoms with Crippen LogP contribution in [0.25, 0.3) is 27.9 Å². The Morgan fingerprint density at radius 1 is 1.24 bits per heavy atom. The van der Waals surface area contributed by atoms with Crippen molar-refractivity contribution in [3.63, 3.8) is 0 Å². The lowest BCUT2D eigenvalue weighted by atomic mass is 9.80. The summed E-state index contributed by atoms with van der Waals surface area (Å²) in [7, 11) is 0. The van der Waals surface area contributed by atoms with Gasteiger partial charge in [-0.1, -0.05) is 51.6 Å². The Balaban J connectivity index is 3.30. The van der Waals surface area contributed by atoms with Gasteiger partial charge in [-0.25, -0.2) is 10.1 Å². The highest BCUT2D eigenvalue weighted by Crippen LogP contribution is 2.23. The van der Waals surface area contributed by atoms with Gasteiger partial charge in [-0.3, -0.25) is 0 Å². The summed E-state index contributed by atoms with van der Waals surface area (Å²) in [5.41, 5.74) is 2.16. The summed E-state index contributed by atoms with van der Waals surface area (Å²) in [6.45, 7) is 19.9. The molecule has 0 saturated carbocycles. The van der Waals surface area contributed by atoms with Gasteiger partial charge in [-0.15, -0.1) is 0 Å². The van der Waals surface area contributed by atoms with Gasteiger partial charge in [0.2, 0.25) is 0 Å². The Morgan fingerprint density at radius 2 is 1.81 bits per heavy atom. The molecule has 0 heterocycles. The summed E-state index contributed by atoms with van der Waals surface area (Å²) in [6.07, 6.45) is 0. The third kappa shape index (κ3) is 2.30. The number of hydrogen-bond acceptors (Lipinski definition) is 1. The van der Waals surface area contributed by atoms with E-state index >= 15 is 0 Å². The average Bonchev–Trinajstić information content (AvgIpc) is 2.42. The van der Waals surface area contributed by atoms with Crippen molar-refractivity contribution in [3.8, 4) is 6.07 Å². The molecule has 0 aromatic heterocycles. The monoisotopic (exact) mass is 274 g/mol. The van der Waals surface area contributed by atoms with E-state index in [1.54, 1.807) is 0 Å². The smallest absolute Gasteiger partial charge is 0.226 e. The molecule has 0 amide bonds. The van der Waals surface area contributed by atoms with Gasteiger partial charge < -0.3 is 0 Å². The largest absolute Gasteiger partial charge is 0.269 e. The Hall–Kier alpha value is -2.58. The molecule has 2 aromatic rings. The maximum Gasteiger partial charge on any atom is 0.269 e. The lowest BCUT2D eigenvalue weighted by Crippen LogP contribution is -2.30. The molecule has 2 nitrogen and oxygen atoms in total. The highest BCUT2D eigenvalue weighted by atomic mass is 14.7. The minimum atomic E-state index is -0.0947. The van der Waals surface area contributed by atoms with Crippen molar-refractivity contribution in [2.24, 2.45) is 0 Å². The predicted octanol–water partition coefficient (Wildman–Crippen LogP) is 3.41. The first-order chi connectivity index (χ1) is 9.82. The minimum absolute atomic E-state index is 0.0947. The lowest BCUT2D eigenvalue weighted by Gasteiger charge is -2.24. The van der Waals surface area contributed by atoms with Crippen molar-refractivity contribution in [2.75, 3.05) is 0 Å². The predicted molar refractivity (Wildman–Crippen MR) is 87.8 cm³/mol. The average molecular weight is 274 g/mol. The van der Waals surface area contributed by atoms with Crippen molar-refractivity contribution >= 4 is 23.0 Å². The number of rotatable bonds is 0. The second-order valence-electron chi connectivity index (χ2n) is 6.22. The van der Waals surface area contributed by atoms with Gasteiger partial charge in [-0.05, 0) is 39.5 Å². The molecule has 0 bridgehead atoms. The van der Waals surface area contributed by atoms with E-state index in [1.807, 2.05) is 37.3 Å². The SMILES string of the molecule is [C-]#[N+]/C(C#N)=c1\c(C)c(C(C)(C)C)c(=C)c2ccccc12. The van der Waals surface area contributed by atoms with Gasteiger partial charge in [0.05, 0.1) is 12.6 Å². The molecule has 0 atom stereocenters. The van der Waals surface area contributed by atoms with E-state index in [9.17, 15) is 5.26 Å². The molecular formula is C19H18N2. The van der Waals surface area contributed by atoms with Crippen molar-refractivity contribution in [1.82, 2.24) is 0 Å². The van der Waals surface area contributed by atoms with Crippen molar-refractivity contribution in [3.05, 3.63) is 57.2 Å². The Labute approximate surface area is 125 Å². The van der Waals surface area contributed by atoms with Crippen LogP contribution < -0.4 is 10.4 Å². The number of benzene rings is 2. The summed E-state index contributed by atoms with van der Waals surface area (Å²) >= 11 is 0. The summed E-state index contributed by atoms with van der Waals surface area (Å²) in [4.78, 5) is 3.43. The second kappa shape index (κ2) is 5.08. The maximum atomic E-state index is 9.31. The molecule has 2 aromatic carbocycles. The highest BCUT2D eigenvalue weighted by molar-refractivity contribution is 5.89. The van der Waals surface area contributed by atoms with Crippen LogP contribution in [0.15, 0.2) is 24.3 Å². The zero-order valence-electron chi connectivity index (χ0n) is 12.9. The fourth-order valence-corrected chi connectivity index (χ4v) is 3.11. The van der Waals surface area contributed by atoms with E-state index in [4.69, 9.17) is 6.57 Å². The third-order valence-corrected chi connectivity index (χ3v) is 3.78. The molecule has 0 radical (unpaired) electrons. The third-order valence-electron chi connectivity index (χ3n) is 3.78. The molecule has 2 rings (SSSR count). The second-order valence-corrected chi connectivity index (χ2v) is 6.22. The Morgan fingerprint density at radius 3 is 2.29 bits per heavy atom. The molecule has 2 heteroatoms. The van der Waals surface area contributed by atoms with E-state index in [0.29, 0.717) is 0 Å². The first kappa shape index (κ1) is 14.8. The lowest BCUT2D eigenvalue weighted by molar-refractivity contribution is 0.582. The van der Waals surface area contributed by atoms with Crippen LogP contribution in [-0.2, 0) is 5.41 Å². The molecule has 104 valence electrons. The van der Waals surface area contributed by atoms with Gasteiger partial charge in [-0.2, -0.15) is 0 Å². The van der Waals surface area contributed by atoms with Crippen LogP contribution in [0.3, 0.4) is 0 Å². The number of nitrogens with zero attached hydrogens (tertiary/aromatic N) is 2. The highest BCUT2D eigenvalue weighted by Gasteiger charge is 2.20. The molecular weight excluding hydrogens is 256 g/mol. The summed E-state index contributed by atoms with van der Waals surface area (Å²) < 4.78 is 0. The van der Waals surface area contributed by atoms with Gasteiger partial charge in [0, 0.05) is 5.22 Å². The molecule has 21 heavy (non-hydrogen) atoms. The number of hydrogen-bond donors (Lipinski definition) is 0. The first-order valence-corrected chi connectivity index (χ1v) is 6.85. The van der Waals surface area contributed by atoms with Crippen LogP contribution in [-0.4, -0.2) is 0 Å². The fraction of sp³-hybridized carbons (Fsp3) is 0.263. The minimum Gasteiger partial charge on any atom is -0.226 e. The molecule has 0 unspecified atom stereocenters. The number of fused-ring (bicyclic) bond motifs is 1. The topological polar surface area (TPSA) is 28.1 Å². The Bertz CT molecular complexity index is 898. The molecule has 0 aliphatic heterocycles. The maximum absolute atomic E-state index is 9.31. The van der Waals surface area contributed by atoms with Crippen LogP contribution in [0.5, 0.6) is 0 Å². The van der Waals surface area contributed by atoms with Crippen LogP contribution in [0.4, 0.5) is 0 Å². The molecule has 0 aliphatic rings.